The van der Waals surface area contributed by atoms with E-state index in [2.05, 4.69) is 9.47 Å². The third-order valence-corrected chi connectivity index (χ3v) is 3.03. The van der Waals surface area contributed by atoms with Gasteiger partial charge in [0.2, 0.25) is 0 Å². The number of aliphatic carboxylic acids is 1. The summed E-state index contributed by atoms with van der Waals surface area (Å²) in [5.74, 6) is -2.10. The molecule has 0 unspecified atom stereocenters. The van der Waals surface area contributed by atoms with Crippen LogP contribution < -0.4 is 0 Å². The van der Waals surface area contributed by atoms with Gasteiger partial charge in [0.05, 0.1) is 0 Å². The molecule has 0 bridgehead atoms. The molecule has 12 nitrogen and oxygen atoms in total. The molecule has 0 saturated carbocycles. The van der Waals surface area contributed by atoms with Crippen molar-refractivity contribution < 1.29 is 57.3 Å². The zero-order valence-electron chi connectivity index (χ0n) is 16.2. The predicted octanol–water partition coefficient (Wildman–Crippen LogP) is 0.987. The average molecular weight is 448 g/mol. The molecule has 0 fully saturated rings. The van der Waals surface area contributed by atoms with Crippen molar-refractivity contribution in [3.05, 3.63) is 71.6 Å². The molecular weight excluding hydrogens is 432 g/mol. The standard InChI is InChI=1S/C10H8O6.C6H6O3.C4H2O3/c11-5-7-1-2-8(16-7)6-15-10(14)4-3-9(12)13;7-3-5-1-2-6(4-8)9-5;5-3-1-2-4(6)7-3/h1-5H,6H2,(H,12,13);1-3,8H,4H2;1-2H/b4-3-;;. The second-order valence-electron chi connectivity index (χ2n) is 5.35. The number of carbonyl (C=O) groups is 6. The van der Waals surface area contributed by atoms with Gasteiger partial charge >= 0.3 is 23.9 Å². The molecule has 2 aromatic heterocycles. The minimum Gasteiger partial charge on any atom is -0.478 e. The number of carboxylic acids is 1. The summed E-state index contributed by atoms with van der Waals surface area (Å²) in [5.41, 5.74) is 0. The first-order chi connectivity index (χ1) is 15.3. The molecule has 3 rings (SSSR count). The smallest absolute Gasteiger partial charge is 0.338 e. The maximum Gasteiger partial charge on any atom is 0.338 e. The summed E-state index contributed by atoms with van der Waals surface area (Å²) in [4.78, 5) is 61.0. The molecule has 1 aliphatic heterocycles. The lowest BCUT2D eigenvalue weighted by atomic mass is 10.4. The Morgan fingerprint density at radius 2 is 1.41 bits per heavy atom. The van der Waals surface area contributed by atoms with E-state index in [0.717, 1.165) is 18.2 Å². The normalized spacial score (nSPS) is 11.7. The number of esters is 3. The van der Waals surface area contributed by atoms with Crippen LogP contribution in [0.1, 0.15) is 32.6 Å². The molecule has 0 saturated heterocycles. The van der Waals surface area contributed by atoms with Gasteiger partial charge in [-0.1, -0.05) is 0 Å². The van der Waals surface area contributed by atoms with E-state index >= 15 is 0 Å². The largest absolute Gasteiger partial charge is 0.478 e. The summed E-state index contributed by atoms with van der Waals surface area (Å²) in [6, 6.07) is 5.99. The minimum atomic E-state index is -1.24. The van der Waals surface area contributed by atoms with Gasteiger partial charge in [0, 0.05) is 24.3 Å². The highest BCUT2D eigenvalue weighted by Crippen LogP contribution is 2.07. The van der Waals surface area contributed by atoms with Crippen molar-refractivity contribution in [2.45, 2.75) is 13.2 Å². The molecule has 2 aromatic rings. The molecule has 0 aromatic carbocycles. The van der Waals surface area contributed by atoms with E-state index in [9.17, 15) is 28.8 Å². The summed E-state index contributed by atoms with van der Waals surface area (Å²) in [5, 5.41) is 16.7. The molecule has 3 heterocycles. The quantitative estimate of drug-likeness (QED) is 0.265. The van der Waals surface area contributed by atoms with Crippen molar-refractivity contribution in [2.24, 2.45) is 0 Å². The number of aliphatic hydroxyl groups is 1. The fraction of sp³-hybridized carbons (Fsp3) is 0.100. The number of furan rings is 2. The van der Waals surface area contributed by atoms with Crippen molar-refractivity contribution >= 4 is 36.4 Å². The summed E-state index contributed by atoms with van der Waals surface area (Å²) in [6.07, 6.45) is 4.74. The van der Waals surface area contributed by atoms with Gasteiger partial charge in [0.1, 0.15) is 24.7 Å². The highest BCUT2D eigenvalue weighted by atomic mass is 16.6. The fourth-order valence-electron chi connectivity index (χ4n) is 1.71. The number of rotatable bonds is 7. The number of carboxylic acid groups (broad SMARTS) is 1. The van der Waals surface area contributed by atoms with Crippen LogP contribution in [0.25, 0.3) is 0 Å². The molecule has 0 atom stereocenters. The highest BCUT2D eigenvalue weighted by Gasteiger charge is 2.10. The monoisotopic (exact) mass is 448 g/mol. The van der Waals surface area contributed by atoms with E-state index in [0.29, 0.717) is 30.2 Å². The van der Waals surface area contributed by atoms with Gasteiger partial charge in [-0.25, -0.2) is 19.2 Å². The molecule has 1 aliphatic rings. The van der Waals surface area contributed by atoms with Gasteiger partial charge in [0.15, 0.2) is 24.1 Å². The van der Waals surface area contributed by atoms with Crippen LogP contribution in [0.2, 0.25) is 0 Å². The molecule has 0 aliphatic carbocycles. The number of carbonyl (C=O) groups excluding carboxylic acids is 5. The lowest BCUT2D eigenvalue weighted by Crippen LogP contribution is -2.01. The second kappa shape index (κ2) is 13.6. The predicted molar refractivity (Wildman–Crippen MR) is 101 cm³/mol. The van der Waals surface area contributed by atoms with Gasteiger partial charge in [0.25, 0.3) is 0 Å². The molecule has 0 amide bonds. The van der Waals surface area contributed by atoms with Gasteiger partial charge < -0.3 is 28.5 Å². The number of aliphatic hydroxyl groups excluding tert-OH is 1. The zero-order chi connectivity index (χ0) is 23.9. The van der Waals surface area contributed by atoms with Crippen LogP contribution in [0.5, 0.6) is 0 Å². The molecule has 2 N–H and O–H groups in total. The van der Waals surface area contributed by atoms with Crippen LogP contribution in [0.3, 0.4) is 0 Å². The SMILES string of the molecule is O=C1C=CC(=O)O1.O=Cc1ccc(CO)o1.O=Cc1ccc(COC(=O)/C=C\C(=O)O)o1. The Bertz CT molecular complexity index is 1010. The Morgan fingerprint density at radius 1 is 0.875 bits per heavy atom. The Morgan fingerprint density at radius 3 is 1.78 bits per heavy atom. The van der Waals surface area contributed by atoms with Crippen LogP contribution in [-0.2, 0) is 41.9 Å². The first-order valence-corrected chi connectivity index (χ1v) is 8.47. The van der Waals surface area contributed by atoms with Crippen molar-refractivity contribution in [1.29, 1.82) is 0 Å². The van der Waals surface area contributed by atoms with Gasteiger partial charge in [-0.15, -0.1) is 0 Å². The Balaban J connectivity index is 0.000000267. The maximum atomic E-state index is 10.9. The van der Waals surface area contributed by atoms with Gasteiger partial charge in [-0.3, -0.25) is 9.59 Å². The minimum absolute atomic E-state index is 0.132. The highest BCUT2D eigenvalue weighted by molar-refractivity contribution is 6.04. The summed E-state index contributed by atoms with van der Waals surface area (Å²) < 4.78 is 18.3. The van der Waals surface area contributed by atoms with Crippen LogP contribution in [0.15, 0.2) is 57.4 Å². The average Bonchev–Trinajstić information content (AvgIpc) is 3.52. The Labute approximate surface area is 179 Å². The molecule has 12 heteroatoms. The number of hydrogen-bond acceptors (Lipinski definition) is 11. The van der Waals surface area contributed by atoms with E-state index in [-0.39, 0.29) is 24.7 Å². The maximum absolute atomic E-state index is 10.9. The summed E-state index contributed by atoms with van der Waals surface area (Å²) in [6.45, 7) is -0.315. The number of aldehydes is 2. The summed E-state index contributed by atoms with van der Waals surface area (Å²) in [7, 11) is 0. The van der Waals surface area contributed by atoms with E-state index in [4.69, 9.17) is 19.0 Å². The van der Waals surface area contributed by atoms with Crippen LogP contribution in [0.4, 0.5) is 0 Å². The van der Waals surface area contributed by atoms with Crippen molar-refractivity contribution in [3.8, 4) is 0 Å². The molecule has 168 valence electrons. The van der Waals surface area contributed by atoms with E-state index in [1.165, 1.54) is 18.2 Å². The Kier molecular flexibility index (Phi) is 10.8. The molecule has 0 radical (unpaired) electrons. The topological polar surface area (TPSA) is 188 Å². The first kappa shape index (κ1) is 25.5. The number of ether oxygens (including phenoxy) is 2. The van der Waals surface area contributed by atoms with Crippen LogP contribution >= 0.6 is 0 Å². The van der Waals surface area contributed by atoms with Gasteiger partial charge in [-0.2, -0.15) is 0 Å². The Hall–Kier alpha value is -4.58. The second-order valence-corrected chi connectivity index (χ2v) is 5.35. The number of hydrogen-bond donors (Lipinski definition) is 2. The fourth-order valence-corrected chi connectivity index (χ4v) is 1.71. The molecular formula is C20H16O12. The summed E-state index contributed by atoms with van der Waals surface area (Å²) >= 11 is 0. The van der Waals surface area contributed by atoms with Crippen LogP contribution in [0, 0.1) is 0 Å². The first-order valence-electron chi connectivity index (χ1n) is 8.47. The third kappa shape index (κ3) is 10.3. The van der Waals surface area contributed by atoms with E-state index in [1.54, 1.807) is 6.07 Å². The third-order valence-electron chi connectivity index (χ3n) is 3.03. The van der Waals surface area contributed by atoms with Crippen molar-refractivity contribution in [2.75, 3.05) is 0 Å². The lowest BCUT2D eigenvalue weighted by molar-refractivity contribution is -0.150. The van der Waals surface area contributed by atoms with E-state index in [1.807, 2.05) is 0 Å². The van der Waals surface area contributed by atoms with Gasteiger partial charge in [-0.05, 0) is 24.3 Å². The van der Waals surface area contributed by atoms with Crippen LogP contribution in [-0.4, -0.2) is 46.7 Å². The molecule has 32 heavy (non-hydrogen) atoms. The number of cyclic esters (lactones) is 2. The molecule has 0 spiro atoms. The van der Waals surface area contributed by atoms with Crippen molar-refractivity contribution in [1.82, 2.24) is 0 Å². The van der Waals surface area contributed by atoms with E-state index < -0.39 is 23.9 Å². The zero-order valence-corrected chi connectivity index (χ0v) is 16.2. The lowest BCUT2D eigenvalue weighted by Gasteiger charge is -1.97. The van der Waals surface area contributed by atoms with Crippen molar-refractivity contribution in [3.63, 3.8) is 0 Å².